The van der Waals surface area contributed by atoms with Crippen LogP contribution in [0.5, 0.6) is 0 Å². The minimum absolute atomic E-state index is 0.00727. The molecule has 0 N–H and O–H groups in total. The molecule has 0 bridgehead atoms. The summed E-state index contributed by atoms with van der Waals surface area (Å²) in [5, 5.41) is 0. The Labute approximate surface area is 150 Å². The van der Waals surface area contributed by atoms with Crippen molar-refractivity contribution in [2.24, 2.45) is 11.8 Å². The zero-order valence-electron chi connectivity index (χ0n) is 15.4. The fraction of sp³-hybridized carbons (Fsp3) is 0.650. The van der Waals surface area contributed by atoms with Crippen LogP contribution >= 0.6 is 0 Å². The van der Waals surface area contributed by atoms with E-state index in [2.05, 4.69) is 4.98 Å². The van der Waals surface area contributed by atoms with Gasteiger partial charge in [-0.15, -0.1) is 0 Å². The molecule has 2 fully saturated rings. The van der Waals surface area contributed by atoms with Crippen molar-refractivity contribution < 1.29 is 9.59 Å². The lowest BCUT2D eigenvalue weighted by Gasteiger charge is -2.42. The highest BCUT2D eigenvalue weighted by molar-refractivity contribution is 5.80. The summed E-state index contributed by atoms with van der Waals surface area (Å²) in [5.74, 6) is 0.641. The average molecular weight is 343 g/mol. The molecule has 1 aromatic heterocycles. The van der Waals surface area contributed by atoms with E-state index < -0.39 is 0 Å². The highest BCUT2D eigenvalue weighted by atomic mass is 16.2. The normalized spacial score (nSPS) is 21.1. The van der Waals surface area contributed by atoms with Crippen LogP contribution in [-0.2, 0) is 16.1 Å². The summed E-state index contributed by atoms with van der Waals surface area (Å²) < 4.78 is 0. The lowest BCUT2D eigenvalue weighted by molar-refractivity contribution is -0.146. The van der Waals surface area contributed by atoms with E-state index in [4.69, 9.17) is 0 Å². The molecule has 1 aliphatic heterocycles. The molecule has 5 nitrogen and oxygen atoms in total. The molecule has 2 aliphatic rings. The second-order valence-electron chi connectivity index (χ2n) is 7.69. The summed E-state index contributed by atoms with van der Waals surface area (Å²) in [5.41, 5.74) is 1.06. The molecule has 1 aromatic rings. The quantitative estimate of drug-likeness (QED) is 0.826. The maximum atomic E-state index is 13.0. The van der Waals surface area contributed by atoms with E-state index in [-0.39, 0.29) is 29.7 Å². The molecule has 1 aliphatic carbocycles. The molecule has 1 saturated heterocycles. The first-order valence-corrected chi connectivity index (χ1v) is 9.54. The highest BCUT2D eigenvalue weighted by Gasteiger charge is 2.36. The van der Waals surface area contributed by atoms with E-state index in [1.165, 1.54) is 0 Å². The molecule has 1 unspecified atom stereocenters. The third-order valence-electron chi connectivity index (χ3n) is 5.46. The number of rotatable bonds is 5. The summed E-state index contributed by atoms with van der Waals surface area (Å²) in [4.78, 5) is 33.6. The van der Waals surface area contributed by atoms with Gasteiger partial charge in [0, 0.05) is 49.9 Å². The molecular weight excluding hydrogens is 314 g/mol. The van der Waals surface area contributed by atoms with Crippen LogP contribution in [0.3, 0.4) is 0 Å². The van der Waals surface area contributed by atoms with Gasteiger partial charge in [-0.3, -0.25) is 14.6 Å². The Morgan fingerprint density at radius 1 is 1.28 bits per heavy atom. The number of amides is 2. The number of nitrogens with zero attached hydrogens (tertiary/aromatic N) is 3. The Morgan fingerprint density at radius 2 is 2.08 bits per heavy atom. The van der Waals surface area contributed by atoms with Crippen molar-refractivity contribution in [3.63, 3.8) is 0 Å². The van der Waals surface area contributed by atoms with Gasteiger partial charge in [-0.05, 0) is 37.3 Å². The maximum absolute atomic E-state index is 13.0. The van der Waals surface area contributed by atoms with Crippen LogP contribution in [0.1, 0.15) is 51.5 Å². The molecule has 1 saturated carbocycles. The van der Waals surface area contributed by atoms with Gasteiger partial charge in [0.1, 0.15) is 0 Å². The zero-order valence-corrected chi connectivity index (χ0v) is 15.4. The molecule has 2 heterocycles. The number of likely N-dealkylation sites (tertiary alicyclic amines) is 1. The number of hydrogen-bond donors (Lipinski definition) is 0. The topological polar surface area (TPSA) is 53.5 Å². The smallest absolute Gasteiger partial charge is 0.226 e. The molecule has 136 valence electrons. The van der Waals surface area contributed by atoms with Gasteiger partial charge >= 0.3 is 0 Å². The molecular formula is C20H29N3O2. The van der Waals surface area contributed by atoms with Gasteiger partial charge < -0.3 is 9.80 Å². The largest absolute Gasteiger partial charge is 0.340 e. The lowest BCUT2D eigenvalue weighted by atomic mass is 9.83. The van der Waals surface area contributed by atoms with Crippen LogP contribution in [-0.4, -0.2) is 45.7 Å². The van der Waals surface area contributed by atoms with Crippen molar-refractivity contribution >= 4 is 11.8 Å². The number of carbonyl (C=O) groups is 2. The molecule has 0 spiro atoms. The van der Waals surface area contributed by atoms with Crippen LogP contribution in [0.4, 0.5) is 0 Å². The maximum Gasteiger partial charge on any atom is 0.226 e. The first-order valence-electron chi connectivity index (χ1n) is 9.54. The number of piperidine rings is 1. The molecule has 2 amide bonds. The molecule has 0 radical (unpaired) electrons. The molecule has 0 aromatic carbocycles. The van der Waals surface area contributed by atoms with Gasteiger partial charge in [-0.1, -0.05) is 26.3 Å². The van der Waals surface area contributed by atoms with Crippen molar-refractivity contribution in [3.8, 4) is 0 Å². The predicted molar refractivity (Wildman–Crippen MR) is 96.6 cm³/mol. The Kier molecular flexibility index (Phi) is 5.71. The van der Waals surface area contributed by atoms with Crippen molar-refractivity contribution in [3.05, 3.63) is 30.1 Å². The van der Waals surface area contributed by atoms with Crippen LogP contribution < -0.4 is 0 Å². The predicted octanol–water partition coefficient (Wildman–Crippen LogP) is 2.86. The Morgan fingerprint density at radius 3 is 2.68 bits per heavy atom. The fourth-order valence-corrected chi connectivity index (χ4v) is 3.74. The van der Waals surface area contributed by atoms with E-state index in [1.54, 1.807) is 6.20 Å². The van der Waals surface area contributed by atoms with Crippen molar-refractivity contribution in [1.82, 2.24) is 14.8 Å². The minimum atomic E-state index is 0.00727. The van der Waals surface area contributed by atoms with Crippen molar-refractivity contribution in [2.45, 2.75) is 58.5 Å². The van der Waals surface area contributed by atoms with Gasteiger partial charge in [0.15, 0.2) is 0 Å². The second kappa shape index (κ2) is 7.98. The Balaban J connectivity index is 1.75. The molecule has 1 atom stereocenters. The van der Waals surface area contributed by atoms with Gasteiger partial charge in [-0.2, -0.15) is 0 Å². The van der Waals surface area contributed by atoms with E-state index in [0.717, 1.165) is 44.2 Å². The lowest BCUT2D eigenvalue weighted by Crippen LogP contribution is -2.53. The summed E-state index contributed by atoms with van der Waals surface area (Å²) >= 11 is 0. The van der Waals surface area contributed by atoms with Gasteiger partial charge in [-0.25, -0.2) is 0 Å². The van der Waals surface area contributed by atoms with Crippen LogP contribution in [0, 0.1) is 11.8 Å². The van der Waals surface area contributed by atoms with Crippen LogP contribution in [0.2, 0.25) is 0 Å². The van der Waals surface area contributed by atoms with Crippen molar-refractivity contribution in [1.29, 1.82) is 0 Å². The third kappa shape index (κ3) is 4.20. The van der Waals surface area contributed by atoms with E-state index in [0.29, 0.717) is 13.1 Å². The van der Waals surface area contributed by atoms with Crippen LogP contribution in [0.15, 0.2) is 24.5 Å². The number of hydrogen-bond acceptors (Lipinski definition) is 3. The molecule has 25 heavy (non-hydrogen) atoms. The van der Waals surface area contributed by atoms with Crippen molar-refractivity contribution in [2.75, 3.05) is 13.1 Å². The number of aromatic nitrogens is 1. The number of pyridine rings is 1. The number of carbonyl (C=O) groups excluding carboxylic acids is 2. The third-order valence-corrected chi connectivity index (χ3v) is 5.46. The summed E-state index contributed by atoms with van der Waals surface area (Å²) in [6.45, 7) is 5.96. The highest BCUT2D eigenvalue weighted by Crippen LogP contribution is 2.31. The van der Waals surface area contributed by atoms with E-state index >= 15 is 0 Å². The fourth-order valence-electron chi connectivity index (χ4n) is 3.74. The van der Waals surface area contributed by atoms with E-state index in [1.807, 2.05) is 42.0 Å². The summed E-state index contributed by atoms with van der Waals surface area (Å²) in [6.07, 6.45) is 8.69. The second-order valence-corrected chi connectivity index (χ2v) is 7.69. The van der Waals surface area contributed by atoms with Gasteiger partial charge in [0.2, 0.25) is 11.8 Å². The molecule has 3 rings (SSSR count). The van der Waals surface area contributed by atoms with Gasteiger partial charge in [0.05, 0.1) is 0 Å². The summed E-state index contributed by atoms with van der Waals surface area (Å²) in [7, 11) is 0. The first kappa shape index (κ1) is 17.9. The zero-order chi connectivity index (χ0) is 17.8. The SMILES string of the molecule is CC(C)C(=O)N1CCCC(N(Cc2cccnc2)C(=O)C2CCC2)C1. The average Bonchev–Trinajstić information content (AvgIpc) is 2.58. The molecule has 5 heteroatoms. The Hall–Kier alpha value is -1.91. The monoisotopic (exact) mass is 343 g/mol. The Bertz CT molecular complexity index is 598. The van der Waals surface area contributed by atoms with E-state index in [9.17, 15) is 9.59 Å². The summed E-state index contributed by atoms with van der Waals surface area (Å²) in [6, 6.07) is 4.05. The first-order chi connectivity index (χ1) is 12.1. The minimum Gasteiger partial charge on any atom is -0.340 e. The van der Waals surface area contributed by atoms with Crippen LogP contribution in [0.25, 0.3) is 0 Å². The standard InChI is InChI=1S/C20H29N3O2/c1-15(2)19(24)22-11-5-9-18(14-22)23(20(25)17-7-3-8-17)13-16-6-4-10-21-12-16/h4,6,10,12,15,17-18H,3,5,7-9,11,13-14H2,1-2H3. The van der Waals surface area contributed by atoms with Gasteiger partial charge in [0.25, 0.3) is 0 Å².